The van der Waals surface area contributed by atoms with Gasteiger partial charge in [0.15, 0.2) is 0 Å². The van der Waals surface area contributed by atoms with Gasteiger partial charge >= 0.3 is 0 Å². The average Bonchev–Trinajstić information content (AvgIpc) is 3.52. The number of likely N-dealkylation sites (N-methyl/N-ethyl adjacent to an activating group) is 1. The molecule has 8 nitrogen and oxygen atoms in total. The molecule has 39 heavy (non-hydrogen) atoms. The average molecular weight is 554 g/mol. The van der Waals surface area contributed by atoms with Gasteiger partial charge in [-0.2, -0.15) is 0 Å². The minimum absolute atomic E-state index is 0.0776. The maximum absolute atomic E-state index is 12.5. The van der Waals surface area contributed by atoms with Crippen molar-refractivity contribution in [3.05, 3.63) is 93.9 Å². The highest BCUT2D eigenvalue weighted by molar-refractivity contribution is 7.09. The number of hydrogen-bond donors (Lipinski definition) is 2. The van der Waals surface area contributed by atoms with E-state index in [2.05, 4.69) is 29.7 Å². The molecule has 208 valence electrons. The van der Waals surface area contributed by atoms with Crippen LogP contribution in [0.4, 0.5) is 4.39 Å². The number of aryl methyl sites for hydroxylation is 1. The number of carbonyl (C=O) groups is 3. The fraction of sp³-hybridized carbons (Fsp3) is 0.345. The summed E-state index contributed by atoms with van der Waals surface area (Å²) in [6.07, 6.45) is 1.47. The van der Waals surface area contributed by atoms with Crippen molar-refractivity contribution < 1.29 is 18.8 Å². The number of hydrazine groups is 1. The Labute approximate surface area is 233 Å². The Hall–Kier alpha value is -3.60. The smallest absolute Gasteiger partial charge is 0.247 e. The molecule has 2 aliphatic rings. The van der Waals surface area contributed by atoms with E-state index in [1.165, 1.54) is 27.6 Å². The van der Waals surface area contributed by atoms with Crippen LogP contribution in [-0.2, 0) is 27.3 Å². The third-order valence-electron chi connectivity index (χ3n) is 6.34. The van der Waals surface area contributed by atoms with Crippen LogP contribution in [-0.4, -0.2) is 79.0 Å². The van der Waals surface area contributed by atoms with E-state index in [-0.39, 0.29) is 30.2 Å². The first-order valence-electron chi connectivity index (χ1n) is 12.8. The van der Waals surface area contributed by atoms with Crippen molar-refractivity contribution in [1.29, 1.82) is 0 Å². The number of rotatable bonds is 6. The number of fused-ring (bicyclic) bond motifs is 1. The van der Waals surface area contributed by atoms with Gasteiger partial charge in [-0.15, -0.1) is 11.3 Å². The summed E-state index contributed by atoms with van der Waals surface area (Å²) in [5.41, 5.74) is 2.42. The van der Waals surface area contributed by atoms with E-state index >= 15 is 0 Å². The quantitative estimate of drug-likeness (QED) is 0.459. The lowest BCUT2D eigenvalue weighted by atomic mass is 10.1. The van der Waals surface area contributed by atoms with Crippen LogP contribution in [0.15, 0.2) is 72.1 Å². The number of amides is 3. The third kappa shape index (κ3) is 8.98. The highest BCUT2D eigenvalue weighted by Crippen LogP contribution is 2.21. The number of benzene rings is 2. The van der Waals surface area contributed by atoms with Crippen LogP contribution in [0.1, 0.15) is 16.0 Å². The molecule has 2 atom stereocenters. The molecule has 3 amide bonds. The Bertz CT molecular complexity index is 1180. The van der Waals surface area contributed by atoms with Crippen LogP contribution in [0.2, 0.25) is 0 Å². The summed E-state index contributed by atoms with van der Waals surface area (Å²) in [5, 5.41) is 10.7. The lowest BCUT2D eigenvalue weighted by Crippen LogP contribution is -2.51. The van der Waals surface area contributed by atoms with Crippen molar-refractivity contribution in [2.24, 2.45) is 0 Å². The Morgan fingerprint density at radius 2 is 1.79 bits per heavy atom. The summed E-state index contributed by atoms with van der Waals surface area (Å²) in [4.78, 5) is 38.6. The van der Waals surface area contributed by atoms with Crippen molar-refractivity contribution >= 4 is 29.6 Å². The lowest BCUT2D eigenvalue weighted by molar-refractivity contribution is -0.138. The Morgan fingerprint density at radius 3 is 2.36 bits per heavy atom. The third-order valence-corrected chi connectivity index (χ3v) is 7.28. The zero-order chi connectivity index (χ0) is 28.2. The molecule has 1 aromatic heterocycles. The zero-order valence-electron chi connectivity index (χ0n) is 22.5. The largest absolute Gasteiger partial charge is 0.341 e. The molecule has 0 saturated carbocycles. The number of hydrogen-bond acceptors (Lipinski definition) is 6. The van der Waals surface area contributed by atoms with Gasteiger partial charge in [0.2, 0.25) is 18.2 Å². The van der Waals surface area contributed by atoms with Crippen molar-refractivity contribution in [3.63, 3.8) is 0 Å². The maximum atomic E-state index is 12.5. The van der Waals surface area contributed by atoms with Gasteiger partial charge in [-0.05, 0) is 49.5 Å². The van der Waals surface area contributed by atoms with Crippen LogP contribution in [0.3, 0.4) is 0 Å². The molecule has 2 unspecified atom stereocenters. The van der Waals surface area contributed by atoms with Crippen LogP contribution in [0.25, 0.3) is 0 Å². The van der Waals surface area contributed by atoms with Gasteiger partial charge in [0, 0.05) is 31.6 Å². The van der Waals surface area contributed by atoms with Crippen LogP contribution >= 0.6 is 11.3 Å². The van der Waals surface area contributed by atoms with E-state index in [4.69, 9.17) is 0 Å². The molecular weight excluding hydrogens is 517 g/mol. The number of carbonyl (C=O) groups excluding carboxylic acids is 3. The topological polar surface area (TPSA) is 85.0 Å². The van der Waals surface area contributed by atoms with Gasteiger partial charge in [-0.3, -0.25) is 19.4 Å². The monoisotopic (exact) mass is 553 g/mol. The summed E-state index contributed by atoms with van der Waals surface area (Å²) < 4.78 is 12.3. The number of likely N-dealkylation sites (tertiary alicyclic amines) is 1. The van der Waals surface area contributed by atoms with E-state index in [1.807, 2.05) is 42.8 Å². The van der Waals surface area contributed by atoms with Gasteiger partial charge < -0.3 is 15.5 Å². The zero-order valence-corrected chi connectivity index (χ0v) is 23.4. The second kappa shape index (κ2) is 15.1. The van der Waals surface area contributed by atoms with Crippen LogP contribution in [0, 0.1) is 12.7 Å². The summed E-state index contributed by atoms with van der Waals surface area (Å²) in [5.74, 6) is -0.535. The molecule has 0 bridgehead atoms. The van der Waals surface area contributed by atoms with Gasteiger partial charge in [0.25, 0.3) is 0 Å². The van der Waals surface area contributed by atoms with Gasteiger partial charge in [-0.1, -0.05) is 54.1 Å². The second-order valence-corrected chi connectivity index (χ2v) is 10.4. The van der Waals surface area contributed by atoms with E-state index in [1.54, 1.807) is 40.4 Å². The summed E-state index contributed by atoms with van der Waals surface area (Å²) in [6, 6.07) is 19.8. The highest BCUT2D eigenvalue weighted by atomic mass is 32.1. The Morgan fingerprint density at radius 1 is 1.08 bits per heavy atom. The number of nitrogens with one attached hydrogen (secondary N) is 2. The summed E-state index contributed by atoms with van der Waals surface area (Å²) in [6.45, 7) is 3.99. The molecule has 2 aliphatic heterocycles. The predicted molar refractivity (Wildman–Crippen MR) is 151 cm³/mol. The molecule has 10 heteroatoms. The molecule has 0 radical (unpaired) electrons. The van der Waals surface area contributed by atoms with Crippen LogP contribution in [0.5, 0.6) is 0 Å². The molecular formula is C29H36FN5O3S. The number of halogens is 1. The van der Waals surface area contributed by atoms with Gasteiger partial charge in [0.05, 0.1) is 12.6 Å². The highest BCUT2D eigenvalue weighted by Gasteiger charge is 2.47. The SMILES string of the molecule is CN1CC(=O)NC2C(=O)N(CCc3cccs3)CC2N1C=O.CNCc1ccc(F)cc1.Cc1ccccc1. The molecule has 3 aromatic rings. The molecule has 2 fully saturated rings. The van der Waals surface area contributed by atoms with Gasteiger partial charge in [-0.25, -0.2) is 9.40 Å². The first-order chi connectivity index (χ1) is 18.8. The fourth-order valence-corrected chi connectivity index (χ4v) is 5.04. The Kier molecular flexibility index (Phi) is 11.6. The van der Waals surface area contributed by atoms with Crippen molar-refractivity contribution in [1.82, 2.24) is 25.6 Å². The summed E-state index contributed by atoms with van der Waals surface area (Å²) >= 11 is 1.66. The van der Waals surface area contributed by atoms with Crippen molar-refractivity contribution in [2.45, 2.75) is 32.0 Å². The first kappa shape index (κ1) is 29.9. The van der Waals surface area contributed by atoms with E-state index in [0.717, 1.165) is 18.5 Å². The molecule has 2 aromatic carbocycles. The number of nitrogens with zero attached hydrogens (tertiary/aromatic N) is 3. The summed E-state index contributed by atoms with van der Waals surface area (Å²) in [7, 11) is 3.54. The Balaban J connectivity index is 0.000000202. The van der Waals surface area contributed by atoms with Crippen molar-refractivity contribution in [3.8, 4) is 0 Å². The number of thiophene rings is 1. The normalized spacial score (nSPS) is 18.7. The molecule has 2 saturated heterocycles. The molecule has 0 aliphatic carbocycles. The van der Waals surface area contributed by atoms with E-state index in [9.17, 15) is 18.8 Å². The van der Waals surface area contributed by atoms with Crippen molar-refractivity contribution in [2.75, 3.05) is 33.7 Å². The fourth-order valence-electron chi connectivity index (χ4n) is 4.34. The standard InChI is InChI=1S/C14H18N4O3S.C8H10FN.C7H8/c1-16-8-12(20)15-13-11(18(16)9-19)7-17(14(13)21)5-4-10-3-2-6-22-10;1-10-6-7-2-4-8(9)5-3-7;1-7-5-3-2-4-6-7/h2-3,6,9,11,13H,4-5,7-8H2,1H3,(H,15,20);2-5,10H,6H2,1H3;2-6H,1H3. The minimum atomic E-state index is -0.647. The van der Waals surface area contributed by atoms with Crippen LogP contribution < -0.4 is 10.6 Å². The molecule has 3 heterocycles. The molecule has 0 spiro atoms. The van der Waals surface area contributed by atoms with E-state index in [0.29, 0.717) is 19.5 Å². The molecule has 2 N–H and O–H groups in total. The second-order valence-electron chi connectivity index (χ2n) is 9.34. The van der Waals surface area contributed by atoms with E-state index < -0.39 is 6.04 Å². The predicted octanol–water partition coefficient (Wildman–Crippen LogP) is 2.85. The maximum Gasteiger partial charge on any atom is 0.247 e. The van der Waals surface area contributed by atoms with Gasteiger partial charge in [0.1, 0.15) is 11.9 Å². The molecule has 5 rings (SSSR count). The first-order valence-corrected chi connectivity index (χ1v) is 13.7. The lowest BCUT2D eigenvalue weighted by Gasteiger charge is -2.31. The minimum Gasteiger partial charge on any atom is -0.341 e.